The number of nitrogens with one attached hydrogen (secondary N) is 3. The lowest BCUT2D eigenvalue weighted by Gasteiger charge is -2.19. The molecular weight excluding hydrogens is 346 g/mol. The summed E-state index contributed by atoms with van der Waals surface area (Å²) in [5.41, 5.74) is 1.11. The maximum absolute atomic E-state index is 12.5. The quantitative estimate of drug-likeness (QED) is 0.675. The summed E-state index contributed by atoms with van der Waals surface area (Å²) < 4.78 is 0. The minimum atomic E-state index is -0.680. The summed E-state index contributed by atoms with van der Waals surface area (Å²) in [5, 5.41) is 5.67. The van der Waals surface area contributed by atoms with Gasteiger partial charge in [-0.2, -0.15) is 0 Å². The van der Waals surface area contributed by atoms with E-state index in [-0.39, 0.29) is 30.8 Å². The van der Waals surface area contributed by atoms with Crippen molar-refractivity contribution < 1.29 is 14.4 Å². The minimum absolute atomic E-state index is 0.127. The molecule has 2 aliphatic rings. The zero-order valence-electron chi connectivity index (χ0n) is 15.1. The van der Waals surface area contributed by atoms with E-state index in [9.17, 15) is 14.4 Å². The van der Waals surface area contributed by atoms with Crippen molar-refractivity contribution in [2.45, 2.75) is 50.6 Å². The Morgan fingerprint density at radius 3 is 2.78 bits per heavy atom. The highest BCUT2D eigenvalue weighted by Gasteiger charge is 2.51. The van der Waals surface area contributed by atoms with Gasteiger partial charge in [-0.3, -0.25) is 14.5 Å². The highest BCUT2D eigenvalue weighted by atomic mass is 16.2. The second-order valence-corrected chi connectivity index (χ2v) is 7.26. The summed E-state index contributed by atoms with van der Waals surface area (Å²) in [5.74, 6) is 0.438. The molecule has 4 amide bonds. The second kappa shape index (κ2) is 7.02. The van der Waals surface area contributed by atoms with E-state index >= 15 is 0 Å². The molecule has 4 rings (SSSR count). The number of carbonyl (C=O) groups excluding carboxylic acids is 3. The van der Waals surface area contributed by atoms with Gasteiger partial charge in [-0.15, -0.1) is 0 Å². The fraction of sp³-hybridized carbons (Fsp3) is 0.474. The van der Waals surface area contributed by atoms with Gasteiger partial charge in [0.2, 0.25) is 5.91 Å². The molecule has 1 saturated carbocycles. The molecule has 1 aliphatic heterocycles. The molecule has 8 heteroatoms. The van der Waals surface area contributed by atoms with Crippen LogP contribution in [0.4, 0.5) is 4.79 Å². The Labute approximate surface area is 156 Å². The van der Waals surface area contributed by atoms with Crippen LogP contribution in [0.5, 0.6) is 0 Å². The number of amides is 4. The molecule has 0 atom stereocenters. The number of aromatic amines is 1. The van der Waals surface area contributed by atoms with Crippen molar-refractivity contribution >= 4 is 28.9 Å². The van der Waals surface area contributed by atoms with Gasteiger partial charge in [-0.1, -0.05) is 25.0 Å². The molecule has 0 unspecified atom stereocenters. The van der Waals surface area contributed by atoms with E-state index in [1.165, 1.54) is 4.90 Å². The summed E-state index contributed by atoms with van der Waals surface area (Å²) in [6, 6.07) is 7.35. The third-order valence-corrected chi connectivity index (χ3v) is 5.38. The smallest absolute Gasteiger partial charge is 0.325 e. The number of nitrogens with zero attached hydrogens (tertiary/aromatic N) is 2. The van der Waals surface area contributed by atoms with Crippen molar-refractivity contribution in [1.82, 2.24) is 25.5 Å². The molecule has 0 radical (unpaired) electrons. The first-order valence-corrected chi connectivity index (χ1v) is 9.42. The van der Waals surface area contributed by atoms with Crippen LogP contribution in [0.1, 0.15) is 44.3 Å². The number of rotatable bonds is 6. The lowest BCUT2D eigenvalue weighted by Crippen LogP contribution is -2.44. The summed E-state index contributed by atoms with van der Waals surface area (Å²) in [6.45, 7) is 0.588. The van der Waals surface area contributed by atoms with Crippen LogP contribution >= 0.6 is 0 Å². The fourth-order valence-corrected chi connectivity index (χ4v) is 3.95. The third-order valence-electron chi connectivity index (χ3n) is 5.38. The van der Waals surface area contributed by atoms with Crippen LogP contribution in [0.2, 0.25) is 0 Å². The van der Waals surface area contributed by atoms with E-state index in [4.69, 9.17) is 0 Å². The molecule has 1 aromatic carbocycles. The summed E-state index contributed by atoms with van der Waals surface area (Å²) in [7, 11) is 0. The average molecular weight is 369 g/mol. The zero-order chi connectivity index (χ0) is 18.9. The number of hydrogen-bond acceptors (Lipinski definition) is 4. The number of fused-ring (bicyclic) bond motifs is 1. The predicted octanol–water partition coefficient (Wildman–Crippen LogP) is 1.82. The van der Waals surface area contributed by atoms with Gasteiger partial charge < -0.3 is 15.6 Å². The van der Waals surface area contributed by atoms with Gasteiger partial charge in [-0.25, -0.2) is 9.78 Å². The van der Waals surface area contributed by atoms with Crippen LogP contribution < -0.4 is 10.6 Å². The van der Waals surface area contributed by atoms with Crippen LogP contribution in [-0.4, -0.2) is 44.8 Å². The van der Waals surface area contributed by atoms with E-state index < -0.39 is 5.54 Å². The molecule has 0 bridgehead atoms. The maximum Gasteiger partial charge on any atom is 0.325 e. The Kier molecular flexibility index (Phi) is 4.55. The zero-order valence-corrected chi connectivity index (χ0v) is 15.1. The number of hydrogen-bond donors (Lipinski definition) is 3. The molecule has 27 heavy (non-hydrogen) atoms. The number of carbonyl (C=O) groups is 3. The Balaban J connectivity index is 1.24. The number of benzene rings is 1. The van der Waals surface area contributed by atoms with E-state index in [2.05, 4.69) is 20.6 Å². The first kappa shape index (κ1) is 17.5. The van der Waals surface area contributed by atoms with E-state index in [1.54, 1.807) is 0 Å². The van der Waals surface area contributed by atoms with Gasteiger partial charge in [0.25, 0.3) is 5.91 Å². The normalized spacial score (nSPS) is 18.4. The first-order chi connectivity index (χ1) is 13.1. The molecule has 2 heterocycles. The lowest BCUT2D eigenvalue weighted by molar-refractivity contribution is -0.131. The molecule has 1 aliphatic carbocycles. The Hall–Kier alpha value is -2.90. The van der Waals surface area contributed by atoms with E-state index in [1.807, 2.05) is 24.3 Å². The predicted molar refractivity (Wildman–Crippen MR) is 98.6 cm³/mol. The van der Waals surface area contributed by atoms with Crippen molar-refractivity contribution in [3.8, 4) is 0 Å². The monoisotopic (exact) mass is 369 g/mol. The largest absolute Gasteiger partial charge is 0.349 e. The van der Waals surface area contributed by atoms with Crippen LogP contribution in [0, 0.1) is 0 Å². The second-order valence-electron chi connectivity index (χ2n) is 7.26. The van der Waals surface area contributed by atoms with Crippen molar-refractivity contribution in [2.75, 3.05) is 6.54 Å². The Bertz CT molecular complexity index is 851. The summed E-state index contributed by atoms with van der Waals surface area (Å²) in [4.78, 5) is 45.5. The van der Waals surface area contributed by atoms with E-state index in [0.29, 0.717) is 31.6 Å². The lowest BCUT2D eigenvalue weighted by atomic mass is 9.98. The molecule has 3 N–H and O–H groups in total. The van der Waals surface area contributed by atoms with Gasteiger partial charge in [-0.05, 0) is 31.4 Å². The van der Waals surface area contributed by atoms with Crippen LogP contribution in [0.3, 0.4) is 0 Å². The number of imidazole rings is 1. The number of imide groups is 1. The number of aromatic nitrogens is 2. The molecule has 2 fully saturated rings. The molecular formula is C19H23N5O3. The first-order valence-electron chi connectivity index (χ1n) is 9.42. The highest BCUT2D eigenvalue weighted by Crippen LogP contribution is 2.35. The Morgan fingerprint density at radius 2 is 2.00 bits per heavy atom. The van der Waals surface area contributed by atoms with Gasteiger partial charge >= 0.3 is 6.03 Å². The molecule has 142 valence electrons. The molecule has 1 aromatic heterocycles. The van der Waals surface area contributed by atoms with Gasteiger partial charge in [0.05, 0.1) is 17.6 Å². The highest BCUT2D eigenvalue weighted by molar-refractivity contribution is 6.07. The fourth-order valence-electron chi connectivity index (χ4n) is 3.95. The van der Waals surface area contributed by atoms with Crippen molar-refractivity contribution in [3.63, 3.8) is 0 Å². The van der Waals surface area contributed by atoms with Crippen molar-refractivity contribution in [3.05, 3.63) is 30.1 Å². The number of para-hydroxylation sites is 2. The average Bonchev–Trinajstić information content (AvgIpc) is 3.34. The van der Waals surface area contributed by atoms with E-state index in [0.717, 1.165) is 23.9 Å². The number of urea groups is 1. The van der Waals surface area contributed by atoms with Crippen molar-refractivity contribution in [2.24, 2.45) is 0 Å². The third kappa shape index (κ3) is 3.39. The molecule has 1 spiro atoms. The standard InChI is InChI=1S/C19H23N5O3/c25-16(20-12-15-21-13-6-1-2-7-14(13)22-15)8-5-11-24-17(26)19(23-18(24)27)9-3-4-10-19/h1-2,6-7H,3-5,8-12H2,(H,20,25)(H,21,22)(H,23,27). The minimum Gasteiger partial charge on any atom is -0.349 e. The van der Waals surface area contributed by atoms with Crippen LogP contribution in [-0.2, 0) is 16.1 Å². The molecule has 8 nitrogen and oxygen atoms in total. The summed E-state index contributed by atoms with van der Waals surface area (Å²) >= 11 is 0. The molecule has 1 saturated heterocycles. The molecule has 2 aromatic rings. The van der Waals surface area contributed by atoms with Crippen molar-refractivity contribution in [1.29, 1.82) is 0 Å². The SMILES string of the molecule is O=C(CCCN1C(=O)NC2(CCCC2)C1=O)NCc1nc2ccccc2[nH]1. The van der Waals surface area contributed by atoms with Crippen LogP contribution in [0.25, 0.3) is 11.0 Å². The van der Waals surface area contributed by atoms with Gasteiger partial charge in [0.1, 0.15) is 11.4 Å². The topological polar surface area (TPSA) is 107 Å². The Morgan fingerprint density at radius 1 is 1.22 bits per heavy atom. The number of H-pyrrole nitrogens is 1. The van der Waals surface area contributed by atoms with Gasteiger partial charge in [0, 0.05) is 13.0 Å². The summed E-state index contributed by atoms with van der Waals surface area (Å²) in [6.07, 6.45) is 4.05. The van der Waals surface area contributed by atoms with Crippen LogP contribution in [0.15, 0.2) is 24.3 Å². The maximum atomic E-state index is 12.5. The van der Waals surface area contributed by atoms with Gasteiger partial charge in [0.15, 0.2) is 0 Å².